The fourth-order valence-corrected chi connectivity index (χ4v) is 3.03. The summed E-state index contributed by atoms with van der Waals surface area (Å²) in [4.78, 5) is 20.7. The summed E-state index contributed by atoms with van der Waals surface area (Å²) in [5, 5.41) is 4.53. The second-order valence-corrected chi connectivity index (χ2v) is 6.78. The molecule has 0 saturated carbocycles. The summed E-state index contributed by atoms with van der Waals surface area (Å²) < 4.78 is 7.75. The fraction of sp³-hybridized carbons (Fsp3) is 0.130. The van der Waals surface area contributed by atoms with E-state index in [1.165, 1.54) is 6.92 Å². The predicted octanol–water partition coefficient (Wildman–Crippen LogP) is 4.94. The molecular weight excluding hydrogens is 364 g/mol. The molecule has 0 aliphatic heterocycles. The Labute approximate surface area is 168 Å². The minimum Gasteiger partial charge on any atom is -0.439 e. The van der Waals surface area contributed by atoms with Crippen LogP contribution in [0.25, 0.3) is 17.2 Å². The molecule has 0 aliphatic rings. The van der Waals surface area contributed by atoms with Crippen LogP contribution in [0.2, 0.25) is 0 Å². The van der Waals surface area contributed by atoms with Crippen LogP contribution in [0, 0.1) is 13.8 Å². The molecule has 2 heterocycles. The quantitative estimate of drug-likeness (QED) is 0.456. The van der Waals surface area contributed by atoms with E-state index < -0.39 is 0 Å². The van der Waals surface area contributed by atoms with Crippen molar-refractivity contribution in [2.24, 2.45) is 0 Å². The number of nitrogens with zero attached hydrogens (tertiary/aromatic N) is 4. The number of Topliss-reactive ketones (excluding diaryl/α,β-unsaturated/α-hetero) is 1. The molecule has 0 amide bonds. The van der Waals surface area contributed by atoms with Gasteiger partial charge in [0.1, 0.15) is 5.75 Å². The topological polar surface area (TPSA) is 69.9 Å². The van der Waals surface area contributed by atoms with Crippen molar-refractivity contribution >= 4 is 5.78 Å². The number of rotatable bonds is 5. The molecule has 0 N–H and O–H groups in total. The Morgan fingerprint density at radius 3 is 2.28 bits per heavy atom. The van der Waals surface area contributed by atoms with Crippen molar-refractivity contribution in [1.82, 2.24) is 19.7 Å². The van der Waals surface area contributed by atoms with E-state index in [4.69, 9.17) is 9.72 Å². The van der Waals surface area contributed by atoms with Gasteiger partial charge in [-0.15, -0.1) is 0 Å². The van der Waals surface area contributed by atoms with Gasteiger partial charge in [-0.25, -0.2) is 9.67 Å². The van der Waals surface area contributed by atoms with Gasteiger partial charge in [-0.3, -0.25) is 4.79 Å². The maximum absolute atomic E-state index is 11.5. The van der Waals surface area contributed by atoms with E-state index in [1.807, 2.05) is 50.2 Å². The molecule has 0 bridgehead atoms. The molecule has 4 rings (SSSR count). The van der Waals surface area contributed by atoms with E-state index in [0.717, 1.165) is 17.0 Å². The summed E-state index contributed by atoms with van der Waals surface area (Å²) in [7, 11) is 0. The van der Waals surface area contributed by atoms with Crippen LogP contribution in [0.3, 0.4) is 0 Å². The van der Waals surface area contributed by atoms with Gasteiger partial charge in [0.25, 0.3) is 0 Å². The average Bonchev–Trinajstić information content (AvgIpc) is 3.07. The third kappa shape index (κ3) is 4.06. The number of benzene rings is 2. The highest BCUT2D eigenvalue weighted by atomic mass is 16.5. The molecule has 144 valence electrons. The molecule has 0 atom stereocenters. The standard InChI is InChI=1S/C23H20N4O2/c1-15-13-16(2)27(26-15)21-14-22(25-23(24-21)19-7-5-4-6-8-19)29-20-11-9-18(10-12-20)17(3)28/h4-14H,1-3H3. The van der Waals surface area contributed by atoms with Crippen molar-refractivity contribution in [1.29, 1.82) is 0 Å². The van der Waals surface area contributed by atoms with E-state index in [0.29, 0.717) is 28.8 Å². The predicted molar refractivity (Wildman–Crippen MR) is 111 cm³/mol. The number of carbonyl (C=O) groups is 1. The van der Waals surface area contributed by atoms with Gasteiger partial charge in [0.15, 0.2) is 17.4 Å². The highest BCUT2D eigenvalue weighted by molar-refractivity contribution is 5.94. The number of aryl methyl sites for hydroxylation is 2. The van der Waals surface area contributed by atoms with Crippen LogP contribution in [0.1, 0.15) is 28.7 Å². The Balaban J connectivity index is 1.77. The van der Waals surface area contributed by atoms with Gasteiger partial charge in [-0.2, -0.15) is 10.1 Å². The van der Waals surface area contributed by atoms with Crippen molar-refractivity contribution < 1.29 is 9.53 Å². The lowest BCUT2D eigenvalue weighted by Crippen LogP contribution is -2.05. The summed E-state index contributed by atoms with van der Waals surface area (Å²) in [6.07, 6.45) is 0. The van der Waals surface area contributed by atoms with Gasteiger partial charge in [0.2, 0.25) is 5.88 Å². The highest BCUT2D eigenvalue weighted by Crippen LogP contribution is 2.26. The summed E-state index contributed by atoms with van der Waals surface area (Å²) in [6.45, 7) is 5.45. The molecule has 4 aromatic rings. The number of ether oxygens (including phenoxy) is 1. The molecule has 0 fully saturated rings. The fourth-order valence-electron chi connectivity index (χ4n) is 3.03. The first-order valence-electron chi connectivity index (χ1n) is 9.26. The zero-order valence-corrected chi connectivity index (χ0v) is 16.5. The van der Waals surface area contributed by atoms with Crippen LogP contribution in [0.15, 0.2) is 66.7 Å². The molecule has 0 unspecified atom stereocenters. The van der Waals surface area contributed by atoms with E-state index in [1.54, 1.807) is 35.0 Å². The second kappa shape index (κ2) is 7.67. The second-order valence-electron chi connectivity index (χ2n) is 6.78. The number of hydrogen-bond acceptors (Lipinski definition) is 5. The normalized spacial score (nSPS) is 10.7. The molecule has 0 spiro atoms. The Morgan fingerprint density at radius 1 is 0.931 bits per heavy atom. The third-order valence-corrected chi connectivity index (χ3v) is 4.43. The van der Waals surface area contributed by atoms with E-state index in [2.05, 4.69) is 10.1 Å². The third-order valence-electron chi connectivity index (χ3n) is 4.43. The molecule has 6 heteroatoms. The smallest absolute Gasteiger partial charge is 0.225 e. The Morgan fingerprint density at radius 2 is 1.66 bits per heavy atom. The summed E-state index contributed by atoms with van der Waals surface area (Å²) >= 11 is 0. The monoisotopic (exact) mass is 384 g/mol. The van der Waals surface area contributed by atoms with Gasteiger partial charge < -0.3 is 4.74 Å². The molecule has 6 nitrogen and oxygen atoms in total. The van der Waals surface area contributed by atoms with Gasteiger partial charge >= 0.3 is 0 Å². The lowest BCUT2D eigenvalue weighted by atomic mass is 10.1. The van der Waals surface area contributed by atoms with Gasteiger partial charge in [0, 0.05) is 22.9 Å². The lowest BCUT2D eigenvalue weighted by Gasteiger charge is -2.11. The first kappa shape index (κ1) is 18.6. The SMILES string of the molecule is CC(=O)c1ccc(Oc2cc(-n3nc(C)cc3C)nc(-c3ccccc3)n2)cc1. The maximum Gasteiger partial charge on any atom is 0.225 e. The van der Waals surface area contributed by atoms with Crippen LogP contribution in [0.5, 0.6) is 11.6 Å². The van der Waals surface area contributed by atoms with Crippen LogP contribution in [0.4, 0.5) is 0 Å². The first-order valence-corrected chi connectivity index (χ1v) is 9.26. The Kier molecular flexibility index (Phi) is 4.91. The Bertz CT molecular complexity index is 1170. The molecular formula is C23H20N4O2. The minimum absolute atomic E-state index is 0.0109. The molecule has 0 saturated heterocycles. The van der Waals surface area contributed by atoms with E-state index >= 15 is 0 Å². The van der Waals surface area contributed by atoms with Crippen LogP contribution in [-0.2, 0) is 0 Å². The number of ketones is 1. The molecule has 29 heavy (non-hydrogen) atoms. The lowest BCUT2D eigenvalue weighted by molar-refractivity contribution is 0.101. The summed E-state index contributed by atoms with van der Waals surface area (Å²) in [5.74, 6) is 2.17. The Hall–Kier alpha value is -3.80. The first-order chi connectivity index (χ1) is 14.0. The maximum atomic E-state index is 11.5. The summed E-state index contributed by atoms with van der Waals surface area (Å²) in [5.41, 5.74) is 3.39. The molecule has 0 aliphatic carbocycles. The highest BCUT2D eigenvalue weighted by Gasteiger charge is 2.13. The van der Waals surface area contributed by atoms with Crippen molar-refractivity contribution in [3.63, 3.8) is 0 Å². The molecule has 2 aromatic carbocycles. The van der Waals surface area contributed by atoms with Crippen LogP contribution >= 0.6 is 0 Å². The minimum atomic E-state index is 0.0109. The van der Waals surface area contributed by atoms with Gasteiger partial charge in [-0.1, -0.05) is 30.3 Å². The largest absolute Gasteiger partial charge is 0.439 e. The average molecular weight is 384 g/mol. The molecule has 0 radical (unpaired) electrons. The van der Waals surface area contributed by atoms with Gasteiger partial charge in [0.05, 0.1) is 5.69 Å². The number of hydrogen-bond donors (Lipinski definition) is 0. The zero-order valence-electron chi connectivity index (χ0n) is 16.5. The van der Waals surface area contributed by atoms with E-state index in [9.17, 15) is 4.79 Å². The molecule has 2 aromatic heterocycles. The zero-order chi connectivity index (χ0) is 20.4. The van der Waals surface area contributed by atoms with Crippen molar-refractivity contribution in [3.05, 3.63) is 83.7 Å². The van der Waals surface area contributed by atoms with Crippen LogP contribution in [-0.4, -0.2) is 25.5 Å². The number of aromatic nitrogens is 4. The van der Waals surface area contributed by atoms with E-state index in [-0.39, 0.29) is 5.78 Å². The van der Waals surface area contributed by atoms with Crippen molar-refractivity contribution in [2.45, 2.75) is 20.8 Å². The van der Waals surface area contributed by atoms with Gasteiger partial charge in [-0.05, 0) is 51.1 Å². The van der Waals surface area contributed by atoms with Crippen LogP contribution < -0.4 is 4.74 Å². The van der Waals surface area contributed by atoms with Crippen molar-refractivity contribution in [3.8, 4) is 28.8 Å². The summed E-state index contributed by atoms with van der Waals surface area (Å²) in [6, 6.07) is 20.5. The van der Waals surface area contributed by atoms with Crippen molar-refractivity contribution in [2.75, 3.05) is 0 Å². The number of carbonyl (C=O) groups excluding carboxylic acids is 1.